The van der Waals surface area contributed by atoms with Crippen molar-refractivity contribution < 1.29 is 4.74 Å². The molecule has 2 N–H and O–H groups in total. The van der Waals surface area contributed by atoms with E-state index in [1.54, 1.807) is 7.11 Å². The quantitative estimate of drug-likeness (QED) is 0.837. The Kier molecular flexibility index (Phi) is 4.18. The van der Waals surface area contributed by atoms with Crippen LogP contribution in [0.25, 0.3) is 0 Å². The lowest BCUT2D eigenvalue weighted by Gasteiger charge is -2.30. The molecule has 1 heterocycles. The van der Waals surface area contributed by atoms with E-state index >= 15 is 0 Å². The number of thioether (sulfide) groups is 1. The minimum atomic E-state index is 0.718. The van der Waals surface area contributed by atoms with Crippen LogP contribution in [0.2, 0.25) is 0 Å². The average molecular weight is 252 g/mol. The summed E-state index contributed by atoms with van der Waals surface area (Å²) >= 11 is 2.05. The predicted octanol–water partition coefficient (Wildman–Crippen LogP) is 2.21. The van der Waals surface area contributed by atoms with Gasteiger partial charge < -0.3 is 10.5 Å². The zero-order valence-electron chi connectivity index (χ0n) is 10.5. The van der Waals surface area contributed by atoms with Crippen molar-refractivity contribution in [2.24, 2.45) is 0 Å². The molecule has 1 aromatic carbocycles. The van der Waals surface area contributed by atoms with Crippen molar-refractivity contribution in [3.8, 4) is 5.75 Å². The molecular formula is C13H20N2OS. The van der Waals surface area contributed by atoms with Gasteiger partial charge in [0.1, 0.15) is 5.75 Å². The van der Waals surface area contributed by atoms with E-state index in [9.17, 15) is 0 Å². The molecular weight excluding hydrogens is 232 g/mol. The maximum absolute atomic E-state index is 5.84. The van der Waals surface area contributed by atoms with Gasteiger partial charge in [0, 0.05) is 41.9 Å². The number of anilines is 1. The molecule has 0 bridgehead atoms. The lowest BCUT2D eigenvalue weighted by molar-refractivity contribution is 0.273. The molecule has 0 aliphatic carbocycles. The van der Waals surface area contributed by atoms with E-state index in [1.165, 1.54) is 11.3 Å². The zero-order valence-corrected chi connectivity index (χ0v) is 11.3. The van der Waals surface area contributed by atoms with Crippen LogP contribution in [-0.2, 0) is 6.54 Å². The van der Waals surface area contributed by atoms with Gasteiger partial charge in [-0.15, -0.1) is 0 Å². The molecule has 1 aliphatic rings. The third-order valence-electron chi connectivity index (χ3n) is 3.02. The molecule has 1 unspecified atom stereocenters. The summed E-state index contributed by atoms with van der Waals surface area (Å²) in [5.41, 5.74) is 7.83. The molecule has 0 saturated carbocycles. The highest BCUT2D eigenvalue weighted by Crippen LogP contribution is 2.25. The standard InChI is InChI=1S/C13H20N2OS/c1-10-8-15(5-6-17-10)9-11-7-12(14)3-4-13(11)16-2/h3-4,7,10H,5-6,8-9,14H2,1-2H3. The number of nitrogens with two attached hydrogens (primary N) is 1. The van der Waals surface area contributed by atoms with E-state index in [2.05, 4.69) is 11.8 Å². The molecule has 0 amide bonds. The van der Waals surface area contributed by atoms with Gasteiger partial charge in [0.25, 0.3) is 0 Å². The lowest BCUT2D eigenvalue weighted by Crippen LogP contribution is -2.36. The molecule has 1 aliphatic heterocycles. The van der Waals surface area contributed by atoms with Crippen molar-refractivity contribution in [3.05, 3.63) is 23.8 Å². The topological polar surface area (TPSA) is 38.5 Å². The summed E-state index contributed by atoms with van der Waals surface area (Å²) in [6.45, 7) is 5.50. The van der Waals surface area contributed by atoms with E-state index in [0.717, 1.165) is 36.3 Å². The molecule has 4 heteroatoms. The van der Waals surface area contributed by atoms with Crippen molar-refractivity contribution in [3.63, 3.8) is 0 Å². The van der Waals surface area contributed by atoms with Crippen LogP contribution in [0.1, 0.15) is 12.5 Å². The number of ether oxygens (including phenoxy) is 1. The molecule has 94 valence electrons. The van der Waals surface area contributed by atoms with Crippen molar-refractivity contribution in [1.82, 2.24) is 4.90 Å². The minimum Gasteiger partial charge on any atom is -0.496 e. The van der Waals surface area contributed by atoms with Crippen LogP contribution in [0.15, 0.2) is 18.2 Å². The van der Waals surface area contributed by atoms with Crippen LogP contribution in [0, 0.1) is 0 Å². The number of hydrogen-bond acceptors (Lipinski definition) is 4. The fraction of sp³-hybridized carbons (Fsp3) is 0.538. The molecule has 17 heavy (non-hydrogen) atoms. The Morgan fingerprint density at radius 1 is 1.53 bits per heavy atom. The normalized spacial score (nSPS) is 21.4. The Bertz CT molecular complexity index is 384. The summed E-state index contributed by atoms with van der Waals surface area (Å²) in [6, 6.07) is 5.86. The van der Waals surface area contributed by atoms with Crippen LogP contribution in [0.4, 0.5) is 5.69 Å². The molecule has 0 spiro atoms. The number of hydrogen-bond donors (Lipinski definition) is 1. The van der Waals surface area contributed by atoms with Gasteiger partial charge in [-0.2, -0.15) is 11.8 Å². The van der Waals surface area contributed by atoms with Gasteiger partial charge in [0.2, 0.25) is 0 Å². The first-order valence-electron chi connectivity index (χ1n) is 5.95. The number of nitrogen functional groups attached to an aromatic ring is 1. The van der Waals surface area contributed by atoms with E-state index in [4.69, 9.17) is 10.5 Å². The predicted molar refractivity (Wildman–Crippen MR) is 74.6 cm³/mol. The molecule has 1 fully saturated rings. The van der Waals surface area contributed by atoms with E-state index in [-0.39, 0.29) is 0 Å². The summed E-state index contributed by atoms with van der Waals surface area (Å²) < 4.78 is 5.38. The number of benzene rings is 1. The Morgan fingerprint density at radius 3 is 3.06 bits per heavy atom. The van der Waals surface area contributed by atoms with Gasteiger partial charge >= 0.3 is 0 Å². The van der Waals surface area contributed by atoms with Gasteiger partial charge in [-0.1, -0.05) is 6.92 Å². The first-order valence-corrected chi connectivity index (χ1v) is 7.00. The summed E-state index contributed by atoms with van der Waals surface area (Å²) in [5, 5.41) is 0.718. The summed E-state index contributed by atoms with van der Waals surface area (Å²) in [5.74, 6) is 2.15. The molecule has 0 aromatic heterocycles. The second-order valence-electron chi connectivity index (χ2n) is 4.49. The SMILES string of the molecule is COc1ccc(N)cc1CN1CCSC(C)C1. The van der Waals surface area contributed by atoms with Crippen molar-refractivity contribution >= 4 is 17.4 Å². The van der Waals surface area contributed by atoms with Crippen molar-refractivity contribution in [2.75, 3.05) is 31.7 Å². The molecule has 3 nitrogen and oxygen atoms in total. The van der Waals surface area contributed by atoms with Gasteiger partial charge in [-0.25, -0.2) is 0 Å². The van der Waals surface area contributed by atoms with Crippen LogP contribution >= 0.6 is 11.8 Å². The lowest BCUT2D eigenvalue weighted by atomic mass is 10.1. The zero-order chi connectivity index (χ0) is 12.3. The number of rotatable bonds is 3. The Morgan fingerprint density at radius 2 is 2.35 bits per heavy atom. The van der Waals surface area contributed by atoms with Gasteiger partial charge in [0.15, 0.2) is 0 Å². The van der Waals surface area contributed by atoms with E-state index < -0.39 is 0 Å². The van der Waals surface area contributed by atoms with E-state index in [1.807, 2.05) is 30.0 Å². The van der Waals surface area contributed by atoms with Crippen LogP contribution < -0.4 is 10.5 Å². The number of methoxy groups -OCH3 is 1. The summed E-state index contributed by atoms with van der Waals surface area (Å²) in [7, 11) is 1.71. The smallest absolute Gasteiger partial charge is 0.123 e. The van der Waals surface area contributed by atoms with Gasteiger partial charge in [-0.3, -0.25) is 4.90 Å². The first kappa shape index (κ1) is 12.6. The van der Waals surface area contributed by atoms with E-state index in [0.29, 0.717) is 0 Å². The van der Waals surface area contributed by atoms with Crippen molar-refractivity contribution in [2.45, 2.75) is 18.7 Å². The van der Waals surface area contributed by atoms with Crippen LogP contribution in [0.3, 0.4) is 0 Å². The maximum atomic E-state index is 5.84. The van der Waals surface area contributed by atoms with Crippen LogP contribution in [0.5, 0.6) is 5.75 Å². The molecule has 1 atom stereocenters. The highest BCUT2D eigenvalue weighted by atomic mass is 32.2. The van der Waals surface area contributed by atoms with Crippen molar-refractivity contribution in [1.29, 1.82) is 0 Å². The Balaban J connectivity index is 2.08. The Hall–Kier alpha value is -0.870. The monoisotopic (exact) mass is 252 g/mol. The fourth-order valence-electron chi connectivity index (χ4n) is 2.20. The first-order chi connectivity index (χ1) is 8.19. The maximum Gasteiger partial charge on any atom is 0.123 e. The minimum absolute atomic E-state index is 0.718. The summed E-state index contributed by atoms with van der Waals surface area (Å²) in [4.78, 5) is 2.47. The van der Waals surface area contributed by atoms with Crippen LogP contribution in [-0.4, -0.2) is 36.1 Å². The highest BCUT2D eigenvalue weighted by molar-refractivity contribution is 7.99. The number of nitrogens with zero attached hydrogens (tertiary/aromatic N) is 1. The molecule has 1 aromatic rings. The largest absolute Gasteiger partial charge is 0.496 e. The molecule has 0 radical (unpaired) electrons. The van der Waals surface area contributed by atoms with Gasteiger partial charge in [-0.05, 0) is 18.2 Å². The third kappa shape index (κ3) is 3.30. The second-order valence-corrected chi connectivity index (χ2v) is 6.03. The fourth-order valence-corrected chi connectivity index (χ4v) is 3.28. The second kappa shape index (κ2) is 5.65. The Labute approximate surface area is 107 Å². The van der Waals surface area contributed by atoms with Gasteiger partial charge in [0.05, 0.1) is 7.11 Å². The summed E-state index contributed by atoms with van der Waals surface area (Å²) in [6.07, 6.45) is 0. The molecule has 2 rings (SSSR count). The molecule has 1 saturated heterocycles. The average Bonchev–Trinajstić information content (AvgIpc) is 2.29. The third-order valence-corrected chi connectivity index (χ3v) is 4.16. The highest BCUT2D eigenvalue weighted by Gasteiger charge is 2.18.